The van der Waals surface area contributed by atoms with Crippen LogP contribution in [-0.4, -0.2) is 103 Å². The van der Waals surface area contributed by atoms with E-state index in [4.69, 9.17) is 4.74 Å². The van der Waals surface area contributed by atoms with E-state index in [1.54, 1.807) is 0 Å². The van der Waals surface area contributed by atoms with Crippen molar-refractivity contribution in [3.63, 3.8) is 0 Å². The maximum Gasteiger partial charge on any atom is 0.243 e. The topological polar surface area (TPSA) is 137 Å². The molecule has 11 heteroatoms. The molecule has 1 heterocycles. The third-order valence-corrected chi connectivity index (χ3v) is 8.07. The molecule has 2 aromatic rings. The molecule has 1 aliphatic heterocycles. The summed E-state index contributed by atoms with van der Waals surface area (Å²) in [5.41, 5.74) is 1.88. The normalized spacial score (nSPS) is 15.4. The third kappa shape index (κ3) is 12.9. The van der Waals surface area contributed by atoms with Crippen LogP contribution in [0, 0.1) is 5.92 Å². The van der Waals surface area contributed by atoms with Gasteiger partial charge in [0.1, 0.15) is 18.4 Å². The molecule has 3 rings (SSSR count). The number of ether oxygens (including phenoxy) is 1. The van der Waals surface area contributed by atoms with Gasteiger partial charge in [-0.25, -0.2) is 0 Å². The van der Waals surface area contributed by atoms with E-state index in [2.05, 4.69) is 16.0 Å². The lowest BCUT2D eigenvalue weighted by Gasteiger charge is -2.35. The summed E-state index contributed by atoms with van der Waals surface area (Å²) in [7, 11) is 0. The third-order valence-electron chi connectivity index (χ3n) is 8.07. The smallest absolute Gasteiger partial charge is 0.243 e. The van der Waals surface area contributed by atoms with Gasteiger partial charge >= 0.3 is 0 Å². The predicted octanol–water partition coefficient (Wildman–Crippen LogP) is 2.13. The largest absolute Gasteiger partial charge is 0.379 e. The molecule has 0 saturated carbocycles. The number of morpholine rings is 1. The molecule has 11 nitrogen and oxygen atoms in total. The first kappa shape index (κ1) is 37.4. The Hall–Kier alpha value is -4.09. The van der Waals surface area contributed by atoms with Crippen LogP contribution in [0.2, 0.25) is 0 Å². The minimum Gasteiger partial charge on any atom is -0.379 e. The first-order valence-electron chi connectivity index (χ1n) is 16.6. The van der Waals surface area contributed by atoms with Crippen LogP contribution < -0.4 is 16.0 Å². The molecule has 3 N–H and O–H groups in total. The minimum absolute atomic E-state index is 0.146. The van der Waals surface area contributed by atoms with Crippen molar-refractivity contribution >= 4 is 29.9 Å². The average molecular weight is 650 g/mol. The number of hydrogen-bond acceptors (Lipinski definition) is 7. The second-order valence-corrected chi connectivity index (χ2v) is 12.7. The second-order valence-electron chi connectivity index (χ2n) is 12.7. The quantitative estimate of drug-likeness (QED) is 0.211. The number of carbonyl (C=O) groups is 5. The van der Waals surface area contributed by atoms with Crippen LogP contribution in [-0.2, 0) is 41.6 Å². The maximum atomic E-state index is 13.8. The Kier molecular flexibility index (Phi) is 15.5. The highest BCUT2D eigenvalue weighted by atomic mass is 16.5. The molecule has 3 atom stereocenters. The Morgan fingerprint density at radius 3 is 2.06 bits per heavy atom. The van der Waals surface area contributed by atoms with E-state index >= 15 is 0 Å². The number of rotatable bonds is 18. The summed E-state index contributed by atoms with van der Waals surface area (Å²) in [6, 6.07) is 16.2. The van der Waals surface area contributed by atoms with Crippen LogP contribution in [0.15, 0.2) is 60.7 Å². The van der Waals surface area contributed by atoms with Crippen LogP contribution in [0.1, 0.15) is 51.7 Å². The van der Waals surface area contributed by atoms with Gasteiger partial charge in [0.05, 0.1) is 32.3 Å². The van der Waals surface area contributed by atoms with Crippen molar-refractivity contribution in [2.75, 3.05) is 39.4 Å². The van der Waals surface area contributed by atoms with Gasteiger partial charge in [-0.3, -0.25) is 24.1 Å². The molecule has 4 amide bonds. The summed E-state index contributed by atoms with van der Waals surface area (Å²) in [4.78, 5) is 69.2. The SMILES string of the molecule is CC(C)CC(C=O)NC(=O)C(Cc1ccccc1)N(C(=O)CNC(=O)C(CCc1ccccc1)NC(=O)CN1CCOCC1)C(C)C. The van der Waals surface area contributed by atoms with E-state index < -0.39 is 35.8 Å². The number of aldehydes is 1. The molecular formula is C36H51N5O6. The monoisotopic (exact) mass is 649 g/mol. The van der Waals surface area contributed by atoms with Crippen molar-refractivity contribution < 1.29 is 28.7 Å². The van der Waals surface area contributed by atoms with Gasteiger partial charge in [-0.15, -0.1) is 0 Å². The summed E-state index contributed by atoms with van der Waals surface area (Å²) >= 11 is 0. The van der Waals surface area contributed by atoms with Crippen LogP contribution in [0.5, 0.6) is 0 Å². The first-order valence-corrected chi connectivity index (χ1v) is 16.6. The fraction of sp³-hybridized carbons (Fsp3) is 0.528. The van der Waals surface area contributed by atoms with E-state index in [9.17, 15) is 24.0 Å². The zero-order valence-electron chi connectivity index (χ0n) is 28.2. The van der Waals surface area contributed by atoms with Gasteiger partial charge in [-0.1, -0.05) is 74.5 Å². The van der Waals surface area contributed by atoms with Crippen LogP contribution >= 0.6 is 0 Å². The van der Waals surface area contributed by atoms with Crippen LogP contribution in [0.4, 0.5) is 0 Å². The maximum absolute atomic E-state index is 13.8. The van der Waals surface area contributed by atoms with E-state index in [0.717, 1.165) is 17.4 Å². The molecule has 3 unspecified atom stereocenters. The Bertz CT molecular complexity index is 1280. The van der Waals surface area contributed by atoms with E-state index in [1.165, 1.54) is 4.90 Å². The predicted molar refractivity (Wildman–Crippen MR) is 180 cm³/mol. The molecule has 0 spiro atoms. The Morgan fingerprint density at radius 2 is 1.49 bits per heavy atom. The Balaban J connectivity index is 1.74. The van der Waals surface area contributed by atoms with Crippen molar-refractivity contribution in [3.05, 3.63) is 71.8 Å². The van der Waals surface area contributed by atoms with Crippen LogP contribution in [0.3, 0.4) is 0 Å². The van der Waals surface area contributed by atoms with Gasteiger partial charge in [-0.2, -0.15) is 0 Å². The second kappa shape index (κ2) is 19.5. The van der Waals surface area contributed by atoms with Crippen molar-refractivity contribution in [1.82, 2.24) is 25.8 Å². The average Bonchev–Trinajstić information content (AvgIpc) is 3.05. The van der Waals surface area contributed by atoms with Gasteiger partial charge in [-0.05, 0) is 50.2 Å². The number of carbonyl (C=O) groups excluding carboxylic acids is 5. The van der Waals surface area contributed by atoms with Crippen molar-refractivity contribution in [1.29, 1.82) is 0 Å². The molecular weight excluding hydrogens is 598 g/mol. The number of hydrogen-bond donors (Lipinski definition) is 3. The summed E-state index contributed by atoms with van der Waals surface area (Å²) < 4.78 is 5.37. The standard InChI is InChI=1S/C36H51N5O6/c1-26(2)21-30(25-42)38-36(46)32(22-29-13-9-6-10-14-29)41(27(3)4)34(44)23-37-35(45)31(16-15-28-11-7-5-8-12-28)39-33(43)24-40-17-19-47-20-18-40/h5-14,25-27,30-32H,15-24H2,1-4H3,(H,37,45)(H,38,46)(H,39,43). The molecule has 2 aromatic carbocycles. The van der Waals surface area contributed by atoms with Gasteiger partial charge in [0.15, 0.2) is 0 Å². The lowest BCUT2D eigenvalue weighted by Crippen LogP contribution is -2.58. The number of nitrogens with zero attached hydrogens (tertiary/aromatic N) is 2. The first-order chi connectivity index (χ1) is 22.6. The summed E-state index contributed by atoms with van der Waals surface area (Å²) in [6.07, 6.45) is 2.32. The van der Waals surface area contributed by atoms with E-state index in [1.807, 2.05) is 93.3 Å². The number of amides is 4. The van der Waals surface area contributed by atoms with Crippen LogP contribution in [0.25, 0.3) is 0 Å². The molecule has 1 aliphatic rings. The van der Waals surface area contributed by atoms with Gasteiger partial charge in [0.2, 0.25) is 23.6 Å². The molecule has 0 aromatic heterocycles. The molecule has 1 saturated heterocycles. The highest BCUT2D eigenvalue weighted by Gasteiger charge is 2.34. The Morgan fingerprint density at radius 1 is 0.872 bits per heavy atom. The van der Waals surface area contributed by atoms with E-state index in [-0.39, 0.29) is 37.4 Å². The highest BCUT2D eigenvalue weighted by molar-refractivity contribution is 5.93. The molecule has 0 bridgehead atoms. The fourth-order valence-corrected chi connectivity index (χ4v) is 5.72. The molecule has 0 radical (unpaired) electrons. The molecule has 1 fully saturated rings. The molecule has 47 heavy (non-hydrogen) atoms. The minimum atomic E-state index is -0.918. The van der Waals surface area contributed by atoms with E-state index in [0.29, 0.717) is 45.6 Å². The zero-order chi connectivity index (χ0) is 34.2. The molecule has 256 valence electrons. The Labute approximate surface area is 278 Å². The van der Waals surface area contributed by atoms with Gasteiger partial charge in [0, 0.05) is 25.6 Å². The number of aryl methyl sites for hydroxylation is 1. The number of nitrogens with one attached hydrogen (secondary N) is 3. The van der Waals surface area contributed by atoms with Gasteiger partial charge < -0.3 is 30.4 Å². The van der Waals surface area contributed by atoms with Crippen molar-refractivity contribution in [3.8, 4) is 0 Å². The van der Waals surface area contributed by atoms with Crippen molar-refractivity contribution in [2.24, 2.45) is 5.92 Å². The highest BCUT2D eigenvalue weighted by Crippen LogP contribution is 2.15. The lowest BCUT2D eigenvalue weighted by molar-refractivity contribution is -0.143. The molecule has 0 aliphatic carbocycles. The van der Waals surface area contributed by atoms with Crippen molar-refractivity contribution in [2.45, 2.75) is 77.5 Å². The number of benzene rings is 2. The fourth-order valence-electron chi connectivity index (χ4n) is 5.72. The summed E-state index contributed by atoms with van der Waals surface area (Å²) in [5, 5.41) is 8.44. The zero-order valence-corrected chi connectivity index (χ0v) is 28.2. The van der Waals surface area contributed by atoms with Gasteiger partial charge in [0.25, 0.3) is 0 Å². The summed E-state index contributed by atoms with van der Waals surface area (Å²) in [6.45, 7) is 9.72. The lowest BCUT2D eigenvalue weighted by atomic mass is 10.00. The summed E-state index contributed by atoms with van der Waals surface area (Å²) in [5.74, 6) is -1.45.